The van der Waals surface area contributed by atoms with Crippen LogP contribution in [0.15, 0.2) is 65.6 Å². The molecular formula is C27H29FN4O5S. The number of amides is 1. The van der Waals surface area contributed by atoms with Crippen LogP contribution in [0.3, 0.4) is 0 Å². The molecule has 0 spiro atoms. The van der Waals surface area contributed by atoms with E-state index in [1.165, 1.54) is 33.1 Å². The van der Waals surface area contributed by atoms with E-state index in [1.807, 2.05) is 24.3 Å². The van der Waals surface area contributed by atoms with Crippen molar-refractivity contribution in [3.05, 3.63) is 83.2 Å². The van der Waals surface area contributed by atoms with Crippen molar-refractivity contribution in [2.45, 2.75) is 44.4 Å². The summed E-state index contributed by atoms with van der Waals surface area (Å²) in [6.45, 7) is 4.89. The minimum Gasteiger partial charge on any atom is -0.496 e. The molecule has 3 N–H and O–H groups in total. The number of methoxy groups -OCH3 is 1. The Morgan fingerprint density at radius 1 is 1.11 bits per heavy atom. The van der Waals surface area contributed by atoms with Crippen LogP contribution in [0.4, 0.5) is 10.2 Å². The third kappa shape index (κ3) is 5.79. The van der Waals surface area contributed by atoms with Crippen molar-refractivity contribution < 1.29 is 27.4 Å². The van der Waals surface area contributed by atoms with E-state index in [1.54, 1.807) is 29.8 Å². The number of carbonyl (C=O) groups is 1. The molecule has 0 saturated carbocycles. The van der Waals surface area contributed by atoms with Gasteiger partial charge in [0, 0.05) is 6.54 Å². The molecule has 1 amide bonds. The summed E-state index contributed by atoms with van der Waals surface area (Å²) in [5.41, 5.74) is 1.14. The highest BCUT2D eigenvalue weighted by Gasteiger charge is 2.24. The lowest BCUT2D eigenvalue weighted by Crippen LogP contribution is -2.41. The van der Waals surface area contributed by atoms with E-state index in [4.69, 9.17) is 4.74 Å². The molecular weight excluding hydrogens is 511 g/mol. The quantitative estimate of drug-likeness (QED) is 0.297. The number of aryl methyl sites for hydroxylation is 1. The second-order valence-corrected chi connectivity index (χ2v) is 11.1. The van der Waals surface area contributed by atoms with Crippen molar-refractivity contribution in [2.75, 3.05) is 11.8 Å². The maximum absolute atomic E-state index is 14.1. The summed E-state index contributed by atoms with van der Waals surface area (Å²) >= 11 is 0. The Hall–Kier alpha value is -3.96. The number of sulfonamides is 1. The van der Waals surface area contributed by atoms with Gasteiger partial charge in [0.15, 0.2) is 5.82 Å². The maximum Gasteiger partial charge on any atom is 0.263 e. The van der Waals surface area contributed by atoms with Crippen LogP contribution < -0.4 is 14.8 Å². The minimum absolute atomic E-state index is 0.0482. The molecule has 0 aliphatic carbocycles. The maximum atomic E-state index is 14.1. The minimum atomic E-state index is -4.14. The van der Waals surface area contributed by atoms with Gasteiger partial charge in [0.05, 0.1) is 29.5 Å². The van der Waals surface area contributed by atoms with Gasteiger partial charge in [-0.2, -0.15) is 5.10 Å². The number of aliphatic hydroxyl groups is 1. The smallest absolute Gasteiger partial charge is 0.263 e. The molecule has 0 aliphatic heterocycles. The number of carbonyl (C=O) groups excluding carboxylic acids is 1. The Bertz CT molecular complexity index is 1610. The van der Waals surface area contributed by atoms with Crippen molar-refractivity contribution >= 4 is 32.7 Å². The first-order valence-corrected chi connectivity index (χ1v) is 13.3. The van der Waals surface area contributed by atoms with Gasteiger partial charge in [-0.05, 0) is 61.7 Å². The zero-order valence-corrected chi connectivity index (χ0v) is 22.3. The first-order chi connectivity index (χ1) is 17.9. The van der Waals surface area contributed by atoms with E-state index in [2.05, 4.69) is 15.1 Å². The van der Waals surface area contributed by atoms with Crippen LogP contribution in [0, 0.1) is 12.7 Å². The fraction of sp³-hybridized carbons (Fsp3) is 0.259. The SMILES string of the molecule is COc1cccc2c1c(NS(=O)(=O)c1ccc(C)c(F)c1)nn2Cc1cccc(CNC(=O)C(C)(C)O)c1. The molecule has 38 heavy (non-hydrogen) atoms. The molecule has 0 aliphatic rings. The van der Waals surface area contributed by atoms with E-state index >= 15 is 0 Å². The normalized spacial score (nSPS) is 11.9. The highest BCUT2D eigenvalue weighted by atomic mass is 32.2. The van der Waals surface area contributed by atoms with Crippen molar-refractivity contribution in [1.29, 1.82) is 0 Å². The molecule has 0 radical (unpaired) electrons. The number of rotatable bonds is 9. The molecule has 3 aromatic carbocycles. The molecule has 0 fully saturated rings. The Morgan fingerprint density at radius 2 is 1.82 bits per heavy atom. The van der Waals surface area contributed by atoms with E-state index in [0.29, 0.717) is 22.2 Å². The highest BCUT2D eigenvalue weighted by Crippen LogP contribution is 2.34. The summed E-state index contributed by atoms with van der Waals surface area (Å²) in [5, 5.41) is 17.5. The van der Waals surface area contributed by atoms with Crippen molar-refractivity contribution in [3.63, 3.8) is 0 Å². The van der Waals surface area contributed by atoms with Crippen LogP contribution in [0.2, 0.25) is 0 Å². The summed E-state index contributed by atoms with van der Waals surface area (Å²) in [6.07, 6.45) is 0. The van der Waals surface area contributed by atoms with Crippen molar-refractivity contribution in [1.82, 2.24) is 15.1 Å². The van der Waals surface area contributed by atoms with Crippen LogP contribution in [-0.4, -0.2) is 41.9 Å². The first-order valence-electron chi connectivity index (χ1n) is 11.8. The molecule has 1 aromatic heterocycles. The lowest BCUT2D eigenvalue weighted by Gasteiger charge is -2.16. The van der Waals surface area contributed by atoms with Crippen LogP contribution in [0.1, 0.15) is 30.5 Å². The number of hydrogen-bond donors (Lipinski definition) is 3. The van der Waals surface area contributed by atoms with E-state index in [0.717, 1.165) is 17.2 Å². The van der Waals surface area contributed by atoms with Gasteiger partial charge in [0.1, 0.15) is 17.2 Å². The van der Waals surface area contributed by atoms with Gasteiger partial charge in [-0.25, -0.2) is 12.8 Å². The van der Waals surface area contributed by atoms with Crippen LogP contribution in [0.5, 0.6) is 5.75 Å². The van der Waals surface area contributed by atoms with Gasteiger partial charge in [-0.1, -0.05) is 36.4 Å². The van der Waals surface area contributed by atoms with Gasteiger partial charge >= 0.3 is 0 Å². The number of hydrogen-bond acceptors (Lipinski definition) is 6. The van der Waals surface area contributed by atoms with Gasteiger partial charge in [0.25, 0.3) is 15.9 Å². The number of nitrogens with zero attached hydrogens (tertiary/aromatic N) is 2. The Kier molecular flexibility index (Phi) is 7.43. The zero-order valence-electron chi connectivity index (χ0n) is 21.4. The van der Waals surface area contributed by atoms with Crippen LogP contribution >= 0.6 is 0 Å². The van der Waals surface area contributed by atoms with Crippen molar-refractivity contribution in [2.24, 2.45) is 0 Å². The predicted octanol–water partition coefficient (Wildman–Crippen LogP) is 3.73. The summed E-state index contributed by atoms with van der Waals surface area (Å²) < 4.78 is 49.9. The lowest BCUT2D eigenvalue weighted by atomic mass is 10.1. The predicted molar refractivity (Wildman–Crippen MR) is 142 cm³/mol. The summed E-state index contributed by atoms with van der Waals surface area (Å²) in [6, 6.07) is 16.4. The number of anilines is 1. The van der Waals surface area contributed by atoms with Gasteiger partial charge in [0.2, 0.25) is 0 Å². The van der Waals surface area contributed by atoms with E-state index in [9.17, 15) is 22.7 Å². The molecule has 200 valence electrons. The number of benzene rings is 3. The molecule has 4 rings (SSSR count). The third-order valence-electron chi connectivity index (χ3n) is 5.98. The number of nitrogens with one attached hydrogen (secondary N) is 2. The average Bonchev–Trinajstić information content (AvgIpc) is 3.20. The standard InChI is InChI=1S/C27H29FN4O5S/c1-17-11-12-20(14-21(17)28)38(35,36)31-25-24-22(9-6-10-23(24)37-4)32(30-25)16-19-8-5-7-18(13-19)15-29-26(33)27(2,3)34/h5-14,34H,15-16H2,1-4H3,(H,29,33)(H,30,31). The molecule has 0 atom stereocenters. The van der Waals surface area contributed by atoms with Crippen LogP contribution in [0.25, 0.3) is 10.9 Å². The lowest BCUT2D eigenvalue weighted by molar-refractivity contribution is -0.136. The molecule has 4 aromatic rings. The third-order valence-corrected chi connectivity index (χ3v) is 7.31. The summed E-state index contributed by atoms with van der Waals surface area (Å²) in [5.74, 6) is -0.644. The highest BCUT2D eigenvalue weighted by molar-refractivity contribution is 7.92. The Morgan fingerprint density at radius 3 is 2.50 bits per heavy atom. The fourth-order valence-electron chi connectivity index (χ4n) is 3.90. The van der Waals surface area contributed by atoms with Gasteiger partial charge in [-0.3, -0.25) is 14.2 Å². The largest absolute Gasteiger partial charge is 0.496 e. The number of halogens is 1. The summed E-state index contributed by atoms with van der Waals surface area (Å²) in [7, 11) is -2.67. The number of aromatic nitrogens is 2. The number of fused-ring (bicyclic) bond motifs is 1. The van der Waals surface area contributed by atoms with Crippen LogP contribution in [-0.2, 0) is 27.9 Å². The number of ether oxygens (including phenoxy) is 1. The van der Waals surface area contributed by atoms with E-state index < -0.39 is 27.3 Å². The molecule has 1 heterocycles. The monoisotopic (exact) mass is 540 g/mol. The van der Waals surface area contributed by atoms with Crippen molar-refractivity contribution in [3.8, 4) is 5.75 Å². The fourth-order valence-corrected chi connectivity index (χ4v) is 4.92. The molecule has 0 bridgehead atoms. The first kappa shape index (κ1) is 27.1. The molecule has 9 nitrogen and oxygen atoms in total. The second-order valence-electron chi connectivity index (χ2n) is 9.44. The average molecular weight is 541 g/mol. The van der Waals surface area contributed by atoms with Gasteiger partial charge < -0.3 is 15.2 Å². The van der Waals surface area contributed by atoms with Gasteiger partial charge in [-0.15, -0.1) is 0 Å². The molecule has 11 heteroatoms. The topological polar surface area (TPSA) is 123 Å². The van der Waals surface area contributed by atoms with E-state index in [-0.39, 0.29) is 23.8 Å². The summed E-state index contributed by atoms with van der Waals surface area (Å²) in [4.78, 5) is 11.8. The second kappa shape index (κ2) is 10.4. The Labute approximate surface area is 220 Å². The molecule has 0 saturated heterocycles. The zero-order chi connectivity index (χ0) is 27.7. The Balaban J connectivity index is 1.67. The molecule has 0 unspecified atom stereocenters.